The fraction of sp³-hybridized carbons (Fsp3) is 0.357. The first kappa shape index (κ1) is 8.90. The highest BCUT2D eigenvalue weighted by atomic mass is 16.1. The highest BCUT2D eigenvalue weighted by Gasteiger charge is 2.43. The Kier molecular flexibility index (Phi) is 1.82. The van der Waals surface area contributed by atoms with Crippen LogP contribution in [0.5, 0.6) is 0 Å². The Bertz CT molecular complexity index is 427. The maximum absolute atomic E-state index is 11.8. The number of rotatable bonds is 1. The molecule has 0 aliphatic heterocycles. The van der Waals surface area contributed by atoms with Crippen LogP contribution in [-0.2, 0) is 4.79 Å². The van der Waals surface area contributed by atoms with Gasteiger partial charge in [-0.2, -0.15) is 0 Å². The molecule has 2 bridgehead atoms. The maximum atomic E-state index is 11.8. The third-order valence-electron chi connectivity index (χ3n) is 3.69. The van der Waals surface area contributed by atoms with Crippen molar-refractivity contribution in [2.75, 3.05) is 0 Å². The van der Waals surface area contributed by atoms with Crippen molar-refractivity contribution in [3.05, 3.63) is 47.5 Å². The molecule has 0 N–H and O–H groups in total. The van der Waals surface area contributed by atoms with Gasteiger partial charge in [-0.1, -0.05) is 42.0 Å². The summed E-state index contributed by atoms with van der Waals surface area (Å²) < 4.78 is 0. The zero-order chi connectivity index (χ0) is 10.4. The summed E-state index contributed by atoms with van der Waals surface area (Å²) >= 11 is 0. The zero-order valence-electron chi connectivity index (χ0n) is 8.81. The van der Waals surface area contributed by atoms with Crippen LogP contribution in [-0.4, -0.2) is 5.78 Å². The number of hydrogen-bond donors (Lipinski definition) is 0. The highest BCUT2D eigenvalue weighted by molar-refractivity contribution is 5.92. The number of carbonyl (C=O) groups excluding carboxylic acids is 1. The molecule has 1 aromatic rings. The molecule has 1 heteroatoms. The molecule has 2 aliphatic rings. The summed E-state index contributed by atoms with van der Waals surface area (Å²) in [6.07, 6.45) is 5.20. The van der Waals surface area contributed by atoms with Crippen LogP contribution < -0.4 is 0 Å². The predicted octanol–water partition coefficient (Wildman–Crippen LogP) is 2.85. The van der Waals surface area contributed by atoms with Crippen LogP contribution in [0.25, 0.3) is 0 Å². The van der Waals surface area contributed by atoms with Gasteiger partial charge >= 0.3 is 0 Å². The van der Waals surface area contributed by atoms with E-state index in [1.54, 1.807) is 0 Å². The number of Topliss-reactive ketones (excluding diaryl/α,β-unsaturated/α-hetero) is 1. The minimum Gasteiger partial charge on any atom is -0.298 e. The van der Waals surface area contributed by atoms with E-state index in [4.69, 9.17) is 0 Å². The number of benzene rings is 1. The lowest BCUT2D eigenvalue weighted by molar-refractivity contribution is -0.120. The number of carbonyl (C=O) groups is 1. The SMILES string of the molecule is Cc1ccc(C2CC3C=CC2C3=O)cc1. The summed E-state index contributed by atoms with van der Waals surface area (Å²) in [7, 11) is 0. The van der Waals surface area contributed by atoms with Gasteiger partial charge < -0.3 is 0 Å². The molecule has 15 heavy (non-hydrogen) atoms. The average molecular weight is 198 g/mol. The van der Waals surface area contributed by atoms with Crippen LogP contribution in [0.15, 0.2) is 36.4 Å². The van der Waals surface area contributed by atoms with Crippen molar-refractivity contribution in [1.82, 2.24) is 0 Å². The van der Waals surface area contributed by atoms with Crippen molar-refractivity contribution in [1.29, 1.82) is 0 Å². The second-order valence-electron chi connectivity index (χ2n) is 4.67. The van der Waals surface area contributed by atoms with Gasteiger partial charge in [-0.15, -0.1) is 0 Å². The molecule has 0 amide bonds. The Hall–Kier alpha value is -1.37. The van der Waals surface area contributed by atoms with Gasteiger partial charge in [0.15, 0.2) is 0 Å². The maximum Gasteiger partial charge on any atom is 0.147 e. The van der Waals surface area contributed by atoms with E-state index in [-0.39, 0.29) is 11.8 Å². The molecule has 1 aromatic carbocycles. The molecule has 76 valence electrons. The van der Waals surface area contributed by atoms with Gasteiger partial charge in [-0.05, 0) is 24.8 Å². The summed E-state index contributed by atoms with van der Waals surface area (Å²) in [5.41, 5.74) is 2.61. The fourth-order valence-electron chi connectivity index (χ4n) is 2.80. The van der Waals surface area contributed by atoms with Crippen LogP contribution in [0, 0.1) is 18.8 Å². The molecule has 0 radical (unpaired) electrons. The van der Waals surface area contributed by atoms with Gasteiger partial charge in [0.25, 0.3) is 0 Å². The molecule has 0 spiro atoms. The van der Waals surface area contributed by atoms with Crippen molar-refractivity contribution in [3.8, 4) is 0 Å². The number of allylic oxidation sites excluding steroid dienone is 2. The standard InChI is InChI=1S/C14H14O/c1-9-2-4-10(5-3-9)13-8-11-6-7-12(13)14(11)15/h2-7,11-13H,8H2,1H3. The lowest BCUT2D eigenvalue weighted by Crippen LogP contribution is -2.08. The van der Waals surface area contributed by atoms with Crippen molar-refractivity contribution in [3.63, 3.8) is 0 Å². The molecule has 3 atom stereocenters. The van der Waals surface area contributed by atoms with Crippen molar-refractivity contribution in [2.24, 2.45) is 11.8 Å². The molecule has 3 unspecified atom stereocenters. The van der Waals surface area contributed by atoms with E-state index < -0.39 is 0 Å². The molecule has 3 rings (SSSR count). The first-order valence-corrected chi connectivity index (χ1v) is 5.54. The van der Waals surface area contributed by atoms with Crippen LogP contribution in [0.1, 0.15) is 23.5 Å². The van der Waals surface area contributed by atoms with E-state index >= 15 is 0 Å². The van der Waals surface area contributed by atoms with E-state index in [2.05, 4.69) is 43.3 Å². The first-order valence-electron chi connectivity index (χ1n) is 5.54. The fourth-order valence-corrected chi connectivity index (χ4v) is 2.80. The molecular weight excluding hydrogens is 184 g/mol. The number of fused-ring (bicyclic) bond motifs is 2. The summed E-state index contributed by atoms with van der Waals surface area (Å²) in [5.74, 6) is 1.24. The smallest absolute Gasteiger partial charge is 0.147 e. The van der Waals surface area contributed by atoms with Crippen LogP contribution in [0.3, 0.4) is 0 Å². The minimum atomic E-state index is 0.165. The molecule has 0 heterocycles. The monoisotopic (exact) mass is 198 g/mol. The van der Waals surface area contributed by atoms with Gasteiger partial charge in [0.2, 0.25) is 0 Å². The Morgan fingerprint density at radius 3 is 2.40 bits per heavy atom. The predicted molar refractivity (Wildman–Crippen MR) is 59.7 cm³/mol. The third-order valence-corrected chi connectivity index (χ3v) is 3.69. The van der Waals surface area contributed by atoms with Gasteiger partial charge in [0.1, 0.15) is 5.78 Å². The summed E-state index contributed by atoms with van der Waals surface area (Å²) in [6, 6.07) is 8.61. The van der Waals surface area contributed by atoms with Gasteiger partial charge in [-0.25, -0.2) is 0 Å². The molecule has 0 aromatic heterocycles. The molecule has 1 saturated carbocycles. The van der Waals surface area contributed by atoms with E-state index in [9.17, 15) is 4.79 Å². The molecular formula is C14H14O. The lowest BCUT2D eigenvalue weighted by atomic mass is 9.86. The molecule has 0 saturated heterocycles. The first-order chi connectivity index (χ1) is 7.25. The van der Waals surface area contributed by atoms with E-state index in [1.807, 2.05) is 0 Å². The second-order valence-corrected chi connectivity index (χ2v) is 4.67. The van der Waals surface area contributed by atoms with Gasteiger partial charge in [0, 0.05) is 11.8 Å². The molecule has 1 fully saturated rings. The van der Waals surface area contributed by atoms with Crippen LogP contribution in [0.4, 0.5) is 0 Å². The average Bonchev–Trinajstić information content (AvgIpc) is 2.75. The largest absolute Gasteiger partial charge is 0.298 e. The highest BCUT2D eigenvalue weighted by Crippen LogP contribution is 2.46. The number of hydrogen-bond acceptors (Lipinski definition) is 1. The number of aryl methyl sites for hydroxylation is 1. The minimum absolute atomic E-state index is 0.165. The van der Waals surface area contributed by atoms with Crippen molar-refractivity contribution in [2.45, 2.75) is 19.3 Å². The molecule has 1 nitrogen and oxygen atoms in total. The van der Waals surface area contributed by atoms with E-state index in [0.717, 1.165) is 6.42 Å². The summed E-state index contributed by atoms with van der Waals surface area (Å²) in [5, 5.41) is 0. The Morgan fingerprint density at radius 2 is 1.87 bits per heavy atom. The van der Waals surface area contributed by atoms with Crippen molar-refractivity contribution < 1.29 is 4.79 Å². The third kappa shape index (κ3) is 1.26. The van der Waals surface area contributed by atoms with Gasteiger partial charge in [-0.3, -0.25) is 4.79 Å². The van der Waals surface area contributed by atoms with Gasteiger partial charge in [0.05, 0.1) is 0 Å². The van der Waals surface area contributed by atoms with Crippen LogP contribution >= 0.6 is 0 Å². The quantitative estimate of drug-likeness (QED) is 0.634. The summed E-state index contributed by atoms with van der Waals surface area (Å²) in [4.78, 5) is 11.8. The normalized spacial score (nSPS) is 32.6. The Morgan fingerprint density at radius 1 is 1.13 bits per heavy atom. The van der Waals surface area contributed by atoms with Crippen LogP contribution in [0.2, 0.25) is 0 Å². The van der Waals surface area contributed by atoms with Crippen molar-refractivity contribution >= 4 is 5.78 Å². The Balaban J connectivity index is 1.94. The topological polar surface area (TPSA) is 17.1 Å². The number of ketones is 1. The van der Waals surface area contributed by atoms with E-state index in [1.165, 1.54) is 11.1 Å². The lowest BCUT2D eigenvalue weighted by Gasteiger charge is -2.16. The van der Waals surface area contributed by atoms with E-state index in [0.29, 0.717) is 11.7 Å². The summed E-state index contributed by atoms with van der Waals surface area (Å²) in [6.45, 7) is 2.09. The Labute approximate surface area is 89.8 Å². The second kappa shape index (κ2) is 3.06. The molecule has 2 aliphatic carbocycles. The zero-order valence-corrected chi connectivity index (χ0v) is 8.81.